The van der Waals surface area contributed by atoms with Crippen molar-refractivity contribution in [3.05, 3.63) is 28.2 Å². The van der Waals surface area contributed by atoms with Gasteiger partial charge in [-0.05, 0) is 18.2 Å². The average molecular weight is 505 g/mol. The molecule has 1 aliphatic rings. The molecule has 1 heterocycles. The molecule has 0 aromatic heterocycles. The maximum atomic E-state index is 11.9. The number of halogens is 2. The lowest BCUT2D eigenvalue weighted by Crippen LogP contribution is -2.61. The number of carbonyl (C=O) groups is 3. The molecule has 0 amide bonds. The maximum Gasteiger partial charge on any atom is 0.303 e. The molecule has 0 saturated carbocycles. The Bertz CT molecular complexity index is 887. The summed E-state index contributed by atoms with van der Waals surface area (Å²) in [4.78, 5) is 35.7. The van der Waals surface area contributed by atoms with Crippen LogP contribution in [0.4, 0.5) is 0 Å². The molecule has 0 aliphatic carbocycles. The predicted molar refractivity (Wildman–Crippen MR) is 117 cm³/mol. The average Bonchev–Trinajstić information content (AvgIpc) is 2.70. The van der Waals surface area contributed by atoms with Gasteiger partial charge in [-0.1, -0.05) is 40.9 Å². The summed E-state index contributed by atoms with van der Waals surface area (Å²) in [7, 11) is 0. The number of hydrogen-bond acceptors (Lipinski definition) is 9. The Hall–Kier alpha value is -1.96. The fourth-order valence-corrected chi connectivity index (χ4v) is 4.48. The van der Waals surface area contributed by atoms with Gasteiger partial charge in [-0.2, -0.15) is 0 Å². The van der Waals surface area contributed by atoms with Crippen LogP contribution in [0.15, 0.2) is 23.1 Å². The topological polar surface area (TPSA) is 97.4 Å². The number of terminal acetylenes is 1. The predicted octanol–water partition coefficient (Wildman–Crippen LogP) is 3.26. The van der Waals surface area contributed by atoms with Crippen molar-refractivity contribution >= 4 is 52.9 Å². The van der Waals surface area contributed by atoms with E-state index in [1.807, 2.05) is 0 Å². The van der Waals surface area contributed by atoms with Crippen molar-refractivity contribution in [2.75, 3.05) is 13.2 Å². The van der Waals surface area contributed by atoms with E-state index in [9.17, 15) is 14.4 Å². The first-order valence-corrected chi connectivity index (χ1v) is 11.1. The van der Waals surface area contributed by atoms with E-state index < -0.39 is 47.8 Å². The van der Waals surface area contributed by atoms with Crippen molar-refractivity contribution in [3.63, 3.8) is 0 Å². The number of thioether (sulfide) groups is 1. The highest BCUT2D eigenvalue weighted by atomic mass is 35.5. The molecule has 0 bridgehead atoms. The van der Waals surface area contributed by atoms with Gasteiger partial charge in [-0.3, -0.25) is 14.4 Å². The highest BCUT2D eigenvalue weighted by molar-refractivity contribution is 7.99. The first kappa shape index (κ1) is 26.3. The van der Waals surface area contributed by atoms with Gasteiger partial charge in [0.15, 0.2) is 12.2 Å². The third-order valence-electron chi connectivity index (χ3n) is 4.15. The van der Waals surface area contributed by atoms with Crippen LogP contribution in [0.2, 0.25) is 10.0 Å². The molecule has 32 heavy (non-hydrogen) atoms. The lowest BCUT2D eigenvalue weighted by Gasteiger charge is -2.44. The molecule has 1 aliphatic heterocycles. The summed E-state index contributed by atoms with van der Waals surface area (Å²) in [5.41, 5.74) is -0.841. The third-order valence-corrected chi connectivity index (χ3v) is 6.03. The standard InChI is InChI=1S/C21H22Cl2O8S/c1-5-8-27-19-18(29-12(3)25)17(10-28-11(2)24)31-21(20(19)30-13(4)26)32-14-6-7-15(22)16(23)9-14/h1,6-7,9,17-21H,8,10H2,2-4H3/t17?,18-,19-,20?,21+/m0/s1. The van der Waals surface area contributed by atoms with Crippen LogP contribution < -0.4 is 0 Å². The molecule has 1 fully saturated rings. The number of esters is 3. The van der Waals surface area contributed by atoms with E-state index in [0.29, 0.717) is 14.9 Å². The minimum atomic E-state index is -1.06. The SMILES string of the molecule is C#CCO[C@@H]1C(OC(C)=O)[C@@H](Sc2ccc(Cl)c(Cl)c2)OC(COC(C)=O)[C@@H]1OC(C)=O. The Kier molecular flexibility index (Phi) is 10.1. The van der Waals surface area contributed by atoms with Crippen molar-refractivity contribution in [2.24, 2.45) is 0 Å². The first-order chi connectivity index (χ1) is 15.1. The molecule has 2 rings (SSSR count). The Balaban J connectivity index is 2.43. The molecule has 8 nitrogen and oxygen atoms in total. The summed E-state index contributed by atoms with van der Waals surface area (Å²) in [6.45, 7) is 3.29. The molecule has 1 saturated heterocycles. The fourth-order valence-electron chi connectivity index (χ4n) is 2.98. The zero-order valence-electron chi connectivity index (χ0n) is 17.5. The molecule has 1 aromatic rings. The van der Waals surface area contributed by atoms with E-state index in [0.717, 1.165) is 0 Å². The number of carbonyl (C=O) groups excluding carboxylic acids is 3. The summed E-state index contributed by atoms with van der Waals surface area (Å²) >= 11 is 13.3. The summed E-state index contributed by atoms with van der Waals surface area (Å²) in [5.74, 6) is 0.558. The monoisotopic (exact) mass is 504 g/mol. The van der Waals surface area contributed by atoms with Gasteiger partial charge < -0.3 is 23.7 Å². The molecule has 11 heteroatoms. The summed E-state index contributed by atoms with van der Waals surface area (Å²) in [5, 5.41) is 0.695. The van der Waals surface area contributed by atoms with E-state index in [2.05, 4.69) is 5.92 Å². The van der Waals surface area contributed by atoms with Gasteiger partial charge in [0.1, 0.15) is 30.9 Å². The van der Waals surface area contributed by atoms with E-state index in [1.165, 1.54) is 32.5 Å². The van der Waals surface area contributed by atoms with Crippen LogP contribution in [0, 0.1) is 12.3 Å². The number of ether oxygens (including phenoxy) is 5. The number of benzene rings is 1. The fraction of sp³-hybridized carbons (Fsp3) is 0.476. The van der Waals surface area contributed by atoms with Crippen LogP contribution in [0.25, 0.3) is 0 Å². The quantitative estimate of drug-likeness (QED) is 0.300. The number of rotatable bonds is 8. The first-order valence-electron chi connectivity index (χ1n) is 9.42. The van der Waals surface area contributed by atoms with Crippen LogP contribution in [0.3, 0.4) is 0 Å². The molecule has 5 atom stereocenters. The zero-order valence-corrected chi connectivity index (χ0v) is 19.9. The molecule has 0 spiro atoms. The van der Waals surface area contributed by atoms with Crippen molar-refractivity contribution in [3.8, 4) is 12.3 Å². The van der Waals surface area contributed by atoms with Crippen molar-refractivity contribution < 1.29 is 38.1 Å². The Morgan fingerprint density at radius 1 is 1.03 bits per heavy atom. The van der Waals surface area contributed by atoms with Gasteiger partial charge in [0.05, 0.1) is 10.0 Å². The van der Waals surface area contributed by atoms with Crippen LogP contribution >= 0.6 is 35.0 Å². The van der Waals surface area contributed by atoms with Crippen LogP contribution in [-0.2, 0) is 38.1 Å². The molecule has 0 radical (unpaired) electrons. The van der Waals surface area contributed by atoms with E-state index >= 15 is 0 Å². The molecule has 1 aromatic carbocycles. The van der Waals surface area contributed by atoms with Gasteiger partial charge in [0.25, 0.3) is 0 Å². The Labute approximate surface area is 200 Å². The van der Waals surface area contributed by atoms with Gasteiger partial charge in [0.2, 0.25) is 0 Å². The molecule has 2 unspecified atom stereocenters. The van der Waals surface area contributed by atoms with Crippen molar-refractivity contribution in [2.45, 2.75) is 55.5 Å². The summed E-state index contributed by atoms with van der Waals surface area (Å²) in [6.07, 6.45) is 1.35. The van der Waals surface area contributed by atoms with Gasteiger partial charge in [-0.25, -0.2) is 0 Å². The summed E-state index contributed by atoms with van der Waals surface area (Å²) < 4.78 is 27.8. The van der Waals surface area contributed by atoms with Crippen LogP contribution in [0.1, 0.15) is 20.8 Å². The lowest BCUT2D eigenvalue weighted by molar-refractivity contribution is -0.237. The Morgan fingerprint density at radius 3 is 2.25 bits per heavy atom. The Morgan fingerprint density at radius 2 is 1.69 bits per heavy atom. The normalized spacial score (nSPS) is 24.8. The highest BCUT2D eigenvalue weighted by Crippen LogP contribution is 2.39. The summed E-state index contributed by atoms with van der Waals surface area (Å²) in [6, 6.07) is 4.95. The second-order valence-corrected chi connectivity index (χ2v) is 8.65. The van der Waals surface area contributed by atoms with E-state index in [4.69, 9.17) is 53.3 Å². The van der Waals surface area contributed by atoms with Crippen molar-refractivity contribution in [1.82, 2.24) is 0 Å². The highest BCUT2D eigenvalue weighted by Gasteiger charge is 2.51. The third kappa shape index (κ3) is 7.57. The van der Waals surface area contributed by atoms with Crippen LogP contribution in [-0.4, -0.2) is 61.0 Å². The number of hydrogen-bond donors (Lipinski definition) is 0. The molecule has 174 valence electrons. The smallest absolute Gasteiger partial charge is 0.303 e. The molecular weight excluding hydrogens is 483 g/mol. The maximum absolute atomic E-state index is 11.9. The second kappa shape index (κ2) is 12.3. The molecular formula is C21H22Cl2O8S. The lowest BCUT2D eigenvalue weighted by atomic mass is 9.99. The van der Waals surface area contributed by atoms with Gasteiger partial charge in [0, 0.05) is 25.7 Å². The largest absolute Gasteiger partial charge is 0.463 e. The van der Waals surface area contributed by atoms with E-state index in [-0.39, 0.29) is 13.2 Å². The van der Waals surface area contributed by atoms with Crippen LogP contribution in [0.5, 0.6) is 0 Å². The molecule has 0 N–H and O–H groups in total. The van der Waals surface area contributed by atoms with Gasteiger partial charge in [-0.15, -0.1) is 6.42 Å². The van der Waals surface area contributed by atoms with E-state index in [1.54, 1.807) is 18.2 Å². The minimum absolute atomic E-state index is 0.148. The second-order valence-electron chi connectivity index (χ2n) is 6.67. The van der Waals surface area contributed by atoms with Gasteiger partial charge >= 0.3 is 17.9 Å². The minimum Gasteiger partial charge on any atom is -0.463 e. The van der Waals surface area contributed by atoms with Crippen molar-refractivity contribution in [1.29, 1.82) is 0 Å². The zero-order chi connectivity index (χ0) is 23.8.